The molecule has 0 unspecified atom stereocenters. The Morgan fingerprint density at radius 1 is 0.733 bits per heavy atom. The van der Waals surface area contributed by atoms with Crippen LogP contribution in [0.4, 0.5) is 0 Å². The van der Waals surface area contributed by atoms with Gasteiger partial charge in [-0.05, 0) is 0 Å². The maximum absolute atomic E-state index is 4.63. The fraction of sp³-hybridized carbons (Fsp3) is 0. The van der Waals surface area contributed by atoms with Crippen molar-refractivity contribution in [1.82, 2.24) is 4.98 Å². The summed E-state index contributed by atoms with van der Waals surface area (Å²) in [5, 5.41) is 2.44. The molecule has 3 aromatic rings. The van der Waals surface area contributed by atoms with Gasteiger partial charge in [-0.3, -0.25) is 0 Å². The third-order valence-electron chi connectivity index (χ3n) is 2.56. The summed E-state index contributed by atoms with van der Waals surface area (Å²) < 4.78 is 1.25. The predicted molar refractivity (Wildman–Crippen MR) is 66.0 cm³/mol. The molecule has 0 N–H and O–H groups in total. The van der Waals surface area contributed by atoms with E-state index in [9.17, 15) is 0 Å². The third kappa shape index (κ3) is 1.34. The van der Waals surface area contributed by atoms with E-state index < -0.39 is 0 Å². The van der Waals surface area contributed by atoms with E-state index in [0.29, 0.717) is 0 Å². The third-order valence-corrected chi connectivity index (χ3v) is 3.57. The van der Waals surface area contributed by atoms with Crippen molar-refractivity contribution in [3.05, 3.63) is 48.5 Å². The fourth-order valence-electron chi connectivity index (χ4n) is 1.82. The topological polar surface area (TPSA) is 12.9 Å². The molecule has 0 radical (unpaired) electrons. The van der Waals surface area contributed by atoms with Crippen LogP contribution in [0.15, 0.2) is 48.5 Å². The van der Waals surface area contributed by atoms with Gasteiger partial charge in [0.05, 0.1) is 0 Å². The number of fused-ring (bicyclic) bond motifs is 2. The van der Waals surface area contributed by atoms with Crippen molar-refractivity contribution >= 4 is 42.3 Å². The number of hydrogen-bond donors (Lipinski definition) is 0. The Bertz CT molecular complexity index is 592. The first-order valence-electron chi connectivity index (χ1n) is 4.83. The Hall–Kier alpha value is -1.37. The first kappa shape index (κ1) is 8.90. The van der Waals surface area contributed by atoms with Crippen LogP contribution in [-0.2, 0) is 0 Å². The van der Waals surface area contributed by atoms with Gasteiger partial charge in [0.2, 0.25) is 0 Å². The molecule has 0 aliphatic rings. The van der Waals surface area contributed by atoms with E-state index in [-0.39, 0.29) is 0 Å². The van der Waals surface area contributed by atoms with E-state index in [2.05, 4.69) is 57.4 Å². The zero-order valence-electron chi connectivity index (χ0n) is 8.01. The van der Waals surface area contributed by atoms with Crippen LogP contribution in [0.2, 0.25) is 0 Å². The Morgan fingerprint density at radius 3 is 1.73 bits per heavy atom. The predicted octanol–water partition coefficient (Wildman–Crippen LogP) is 1.91. The minimum absolute atomic E-state index is 1.06. The van der Waals surface area contributed by atoms with Gasteiger partial charge in [0, 0.05) is 0 Å². The Balaban J connectivity index is 2.60. The molecule has 1 nitrogen and oxygen atoms in total. The average molecular weight is 258 g/mol. The summed E-state index contributed by atoms with van der Waals surface area (Å²) in [5.41, 5.74) is 2.12. The molecule has 0 spiro atoms. The van der Waals surface area contributed by atoms with Crippen LogP contribution in [0.25, 0.3) is 21.8 Å². The van der Waals surface area contributed by atoms with Crippen LogP contribution in [0.3, 0.4) is 0 Å². The van der Waals surface area contributed by atoms with Gasteiger partial charge in [-0.2, -0.15) is 0 Å². The molecule has 0 aliphatic heterocycles. The van der Waals surface area contributed by atoms with Crippen molar-refractivity contribution in [2.75, 3.05) is 0 Å². The summed E-state index contributed by atoms with van der Waals surface area (Å²) in [6.07, 6.45) is 0. The van der Waals surface area contributed by atoms with E-state index in [1.54, 1.807) is 0 Å². The van der Waals surface area contributed by atoms with Gasteiger partial charge < -0.3 is 0 Å². The second-order valence-electron chi connectivity index (χ2n) is 3.49. The van der Waals surface area contributed by atoms with Crippen molar-refractivity contribution in [2.24, 2.45) is 0 Å². The van der Waals surface area contributed by atoms with Gasteiger partial charge in [0.15, 0.2) is 0 Å². The molecule has 0 aliphatic carbocycles. The first-order valence-corrected chi connectivity index (χ1v) is 5.76. The van der Waals surface area contributed by atoms with Crippen molar-refractivity contribution in [2.45, 2.75) is 0 Å². The normalized spacial score (nSPS) is 11.0. The number of benzene rings is 2. The standard InChI is InChI=1S/C13H9NSe/c15-13-9-5-1-3-7-11(9)14-12-8-4-2-6-10(12)13/h1-8H,(H,14,15). The minimum atomic E-state index is 1.06. The van der Waals surface area contributed by atoms with Gasteiger partial charge in [-0.25, -0.2) is 0 Å². The van der Waals surface area contributed by atoms with Gasteiger partial charge >= 0.3 is 95.8 Å². The first-order chi connectivity index (χ1) is 7.36. The van der Waals surface area contributed by atoms with Crippen molar-refractivity contribution < 1.29 is 0 Å². The molecule has 2 heteroatoms. The molecule has 3 rings (SSSR count). The van der Waals surface area contributed by atoms with Crippen molar-refractivity contribution in [1.29, 1.82) is 0 Å². The van der Waals surface area contributed by atoms with Gasteiger partial charge in [-0.1, -0.05) is 0 Å². The van der Waals surface area contributed by atoms with Crippen LogP contribution in [0.5, 0.6) is 0 Å². The summed E-state index contributed by atoms with van der Waals surface area (Å²) in [6, 6.07) is 16.5. The average Bonchev–Trinajstić information content (AvgIpc) is 2.30. The molecule has 0 atom stereocenters. The zero-order chi connectivity index (χ0) is 10.3. The number of hydrogen-bond acceptors (Lipinski definition) is 1. The molecule has 2 aromatic carbocycles. The second kappa shape index (κ2) is 3.34. The summed E-state index contributed by atoms with van der Waals surface area (Å²) in [7, 11) is 0. The molecular formula is C13H9NSe. The number of nitrogens with zero attached hydrogens (tertiary/aromatic N) is 1. The molecule has 15 heavy (non-hydrogen) atoms. The van der Waals surface area contributed by atoms with E-state index in [0.717, 1.165) is 11.0 Å². The second-order valence-corrected chi connectivity index (χ2v) is 4.43. The molecule has 0 bridgehead atoms. The quantitative estimate of drug-likeness (QED) is 0.443. The summed E-state index contributed by atoms with van der Waals surface area (Å²) >= 11 is 2.65. The van der Waals surface area contributed by atoms with Crippen LogP contribution in [-0.4, -0.2) is 21.0 Å². The molecule has 1 aromatic heterocycles. The number of aromatic nitrogens is 1. The summed E-state index contributed by atoms with van der Waals surface area (Å²) in [5.74, 6) is 0. The number of pyridine rings is 1. The van der Waals surface area contributed by atoms with Crippen molar-refractivity contribution in [3.8, 4) is 0 Å². The Morgan fingerprint density at radius 2 is 1.20 bits per heavy atom. The molecule has 1 heterocycles. The van der Waals surface area contributed by atoms with Crippen LogP contribution in [0, 0.1) is 0 Å². The van der Waals surface area contributed by atoms with E-state index >= 15 is 0 Å². The molecule has 0 amide bonds. The van der Waals surface area contributed by atoms with Crippen LogP contribution < -0.4 is 4.46 Å². The zero-order valence-corrected chi connectivity index (χ0v) is 9.89. The van der Waals surface area contributed by atoms with Gasteiger partial charge in [0.25, 0.3) is 0 Å². The molecule has 0 fully saturated rings. The maximum atomic E-state index is 4.63. The fourth-order valence-corrected chi connectivity index (χ4v) is 2.61. The molecule has 0 saturated carbocycles. The van der Waals surface area contributed by atoms with Gasteiger partial charge in [0.1, 0.15) is 0 Å². The Kier molecular flexibility index (Phi) is 1.98. The number of para-hydroxylation sites is 2. The summed E-state index contributed by atoms with van der Waals surface area (Å²) in [6.45, 7) is 0. The summed E-state index contributed by atoms with van der Waals surface area (Å²) in [4.78, 5) is 4.63. The molecular weight excluding hydrogens is 249 g/mol. The van der Waals surface area contributed by atoms with Crippen LogP contribution in [0.1, 0.15) is 0 Å². The van der Waals surface area contributed by atoms with E-state index in [1.165, 1.54) is 15.2 Å². The SMILES string of the molecule is [SeH]c1c2ccccc2nc2ccccc12. The van der Waals surface area contributed by atoms with E-state index in [1.807, 2.05) is 12.1 Å². The van der Waals surface area contributed by atoms with Crippen LogP contribution >= 0.6 is 0 Å². The van der Waals surface area contributed by atoms with Crippen molar-refractivity contribution in [3.63, 3.8) is 0 Å². The molecule has 0 saturated heterocycles. The number of rotatable bonds is 0. The molecule has 72 valence electrons. The van der Waals surface area contributed by atoms with Gasteiger partial charge in [-0.15, -0.1) is 0 Å². The monoisotopic (exact) mass is 259 g/mol. The van der Waals surface area contributed by atoms with E-state index in [4.69, 9.17) is 0 Å². The Labute approximate surface area is 95.9 Å².